The van der Waals surface area contributed by atoms with E-state index in [0.29, 0.717) is 6.42 Å². The van der Waals surface area contributed by atoms with Crippen LogP contribution < -0.4 is 10.0 Å². The molecule has 0 aliphatic rings. The molecule has 0 saturated carbocycles. The Kier molecular flexibility index (Phi) is 6.90. The average molecular weight is 396 g/mol. The molecule has 7 nitrogen and oxygen atoms in total. The van der Waals surface area contributed by atoms with Gasteiger partial charge in [0.1, 0.15) is 0 Å². The largest absolute Gasteiger partial charge is 0.481 e. The quantitative estimate of drug-likeness (QED) is 0.599. The molecule has 3 N–H and O–H groups in total. The van der Waals surface area contributed by atoms with E-state index < -0.39 is 21.9 Å². The number of thiophene rings is 1. The highest BCUT2D eigenvalue weighted by atomic mass is 32.2. The highest BCUT2D eigenvalue weighted by molar-refractivity contribution is 7.89. The van der Waals surface area contributed by atoms with Crippen LogP contribution in [0, 0.1) is 0 Å². The number of amides is 1. The molecule has 0 bridgehead atoms. The first kappa shape index (κ1) is 20.1. The fourth-order valence-electron chi connectivity index (χ4n) is 2.37. The Bertz CT molecular complexity index is 862. The van der Waals surface area contributed by atoms with Gasteiger partial charge in [-0.05, 0) is 31.5 Å². The summed E-state index contributed by atoms with van der Waals surface area (Å²) in [5, 5.41) is 13.1. The van der Waals surface area contributed by atoms with E-state index in [0.717, 1.165) is 16.9 Å². The molecule has 0 fully saturated rings. The number of benzene rings is 1. The van der Waals surface area contributed by atoms with Crippen LogP contribution in [0.3, 0.4) is 0 Å². The van der Waals surface area contributed by atoms with Gasteiger partial charge in [-0.1, -0.05) is 30.3 Å². The lowest BCUT2D eigenvalue weighted by Crippen LogP contribution is -2.36. The van der Waals surface area contributed by atoms with Crippen LogP contribution in [0.25, 0.3) is 0 Å². The van der Waals surface area contributed by atoms with Crippen molar-refractivity contribution >= 4 is 33.2 Å². The summed E-state index contributed by atoms with van der Waals surface area (Å²) in [5.41, 5.74) is 0.979. The Morgan fingerprint density at radius 3 is 2.54 bits per heavy atom. The lowest BCUT2D eigenvalue weighted by molar-refractivity contribution is -0.137. The van der Waals surface area contributed by atoms with Gasteiger partial charge in [0.2, 0.25) is 10.0 Å². The molecule has 1 amide bonds. The van der Waals surface area contributed by atoms with Crippen molar-refractivity contribution in [2.45, 2.75) is 30.2 Å². The number of aliphatic carboxylic acids is 1. The Morgan fingerprint density at radius 2 is 1.92 bits per heavy atom. The first-order chi connectivity index (χ1) is 12.3. The van der Waals surface area contributed by atoms with Crippen molar-refractivity contribution in [1.82, 2.24) is 10.0 Å². The summed E-state index contributed by atoms with van der Waals surface area (Å²) in [4.78, 5) is 23.6. The molecule has 0 aliphatic heterocycles. The maximum atomic E-state index is 12.5. The maximum Gasteiger partial charge on any atom is 0.303 e. The van der Waals surface area contributed by atoms with Crippen LogP contribution in [0.2, 0.25) is 0 Å². The Balaban J connectivity index is 2.11. The number of hydrogen-bond donors (Lipinski definition) is 3. The van der Waals surface area contributed by atoms with Crippen molar-refractivity contribution in [2.24, 2.45) is 0 Å². The minimum absolute atomic E-state index is 0.0281. The average Bonchev–Trinajstić information content (AvgIpc) is 3.11. The third-order valence-corrected chi connectivity index (χ3v) is 6.22. The zero-order valence-electron chi connectivity index (χ0n) is 14.1. The minimum Gasteiger partial charge on any atom is -0.481 e. The monoisotopic (exact) mass is 396 g/mol. The second-order valence-electron chi connectivity index (χ2n) is 5.65. The van der Waals surface area contributed by atoms with E-state index in [1.807, 2.05) is 30.3 Å². The molecule has 1 heterocycles. The van der Waals surface area contributed by atoms with Gasteiger partial charge < -0.3 is 10.4 Å². The highest BCUT2D eigenvalue weighted by Crippen LogP contribution is 2.19. The smallest absolute Gasteiger partial charge is 0.303 e. The van der Waals surface area contributed by atoms with E-state index in [1.54, 1.807) is 0 Å². The molecule has 140 valence electrons. The zero-order chi connectivity index (χ0) is 19.2. The van der Waals surface area contributed by atoms with Gasteiger partial charge in [-0.15, -0.1) is 11.3 Å². The van der Waals surface area contributed by atoms with Crippen molar-refractivity contribution in [3.05, 3.63) is 52.2 Å². The SMILES string of the molecule is CNS(=O)(=O)c1csc(C(=O)NC(CCC(=O)O)Cc2ccccc2)c1. The van der Waals surface area contributed by atoms with Gasteiger partial charge in [0.25, 0.3) is 5.91 Å². The highest BCUT2D eigenvalue weighted by Gasteiger charge is 2.20. The van der Waals surface area contributed by atoms with E-state index >= 15 is 0 Å². The van der Waals surface area contributed by atoms with E-state index in [1.165, 1.54) is 18.5 Å². The van der Waals surface area contributed by atoms with Crippen LogP contribution in [0.4, 0.5) is 0 Å². The summed E-state index contributed by atoms with van der Waals surface area (Å²) in [6.45, 7) is 0. The number of rotatable bonds is 9. The molecule has 1 aromatic carbocycles. The topological polar surface area (TPSA) is 113 Å². The lowest BCUT2D eigenvalue weighted by Gasteiger charge is -2.18. The van der Waals surface area contributed by atoms with E-state index in [-0.39, 0.29) is 28.7 Å². The van der Waals surface area contributed by atoms with E-state index in [2.05, 4.69) is 10.0 Å². The van der Waals surface area contributed by atoms with Gasteiger partial charge in [0.15, 0.2) is 0 Å². The van der Waals surface area contributed by atoms with Crippen LogP contribution in [-0.4, -0.2) is 38.5 Å². The molecule has 26 heavy (non-hydrogen) atoms. The molecule has 0 saturated heterocycles. The van der Waals surface area contributed by atoms with Crippen molar-refractivity contribution in [1.29, 1.82) is 0 Å². The van der Waals surface area contributed by atoms with Gasteiger partial charge in [0, 0.05) is 17.8 Å². The molecular weight excluding hydrogens is 376 g/mol. The molecule has 9 heteroatoms. The molecule has 0 aliphatic carbocycles. The number of carbonyl (C=O) groups excluding carboxylic acids is 1. The second-order valence-corrected chi connectivity index (χ2v) is 8.44. The number of hydrogen-bond acceptors (Lipinski definition) is 5. The van der Waals surface area contributed by atoms with Gasteiger partial charge in [-0.25, -0.2) is 13.1 Å². The first-order valence-corrected chi connectivity index (χ1v) is 10.3. The molecule has 0 radical (unpaired) electrons. The van der Waals surface area contributed by atoms with Crippen molar-refractivity contribution < 1.29 is 23.1 Å². The molecular formula is C17H20N2O5S2. The van der Waals surface area contributed by atoms with Gasteiger partial charge >= 0.3 is 5.97 Å². The number of sulfonamides is 1. The van der Waals surface area contributed by atoms with Crippen molar-refractivity contribution in [3.8, 4) is 0 Å². The fourth-order valence-corrected chi connectivity index (χ4v) is 4.28. The number of carbonyl (C=O) groups is 2. The fraction of sp³-hybridized carbons (Fsp3) is 0.294. The summed E-state index contributed by atoms with van der Waals surface area (Å²) in [7, 11) is -2.31. The first-order valence-electron chi connectivity index (χ1n) is 7.90. The molecule has 2 aromatic rings. The van der Waals surface area contributed by atoms with Crippen LogP contribution in [0.1, 0.15) is 28.1 Å². The number of carboxylic acids is 1. The molecule has 1 aromatic heterocycles. The minimum atomic E-state index is -3.61. The van der Waals surface area contributed by atoms with Crippen molar-refractivity contribution in [3.63, 3.8) is 0 Å². The maximum absolute atomic E-state index is 12.5. The third kappa shape index (κ3) is 5.65. The van der Waals surface area contributed by atoms with Crippen LogP contribution in [0.15, 0.2) is 46.7 Å². The number of carboxylic acid groups (broad SMARTS) is 1. The van der Waals surface area contributed by atoms with E-state index in [4.69, 9.17) is 5.11 Å². The van der Waals surface area contributed by atoms with E-state index in [9.17, 15) is 18.0 Å². The predicted molar refractivity (Wildman–Crippen MR) is 98.8 cm³/mol. The summed E-state index contributed by atoms with van der Waals surface area (Å²) in [5.74, 6) is -1.35. The summed E-state index contributed by atoms with van der Waals surface area (Å²) in [6, 6.07) is 10.4. The van der Waals surface area contributed by atoms with Gasteiger partial charge in [-0.2, -0.15) is 0 Å². The van der Waals surface area contributed by atoms with Gasteiger partial charge in [0.05, 0.1) is 9.77 Å². The lowest BCUT2D eigenvalue weighted by atomic mass is 10.0. The number of nitrogens with one attached hydrogen (secondary N) is 2. The Labute approximate surface area is 156 Å². The van der Waals surface area contributed by atoms with Gasteiger partial charge in [-0.3, -0.25) is 9.59 Å². The zero-order valence-corrected chi connectivity index (χ0v) is 15.8. The second kappa shape index (κ2) is 8.93. The molecule has 2 rings (SSSR count). The molecule has 0 spiro atoms. The van der Waals surface area contributed by atoms with Crippen molar-refractivity contribution in [2.75, 3.05) is 7.05 Å². The Hall–Kier alpha value is -2.23. The van der Waals surface area contributed by atoms with Crippen LogP contribution in [-0.2, 0) is 21.2 Å². The summed E-state index contributed by atoms with van der Waals surface area (Å²) < 4.78 is 25.8. The predicted octanol–water partition coefficient (Wildman–Crippen LogP) is 1.86. The third-order valence-electron chi connectivity index (χ3n) is 3.75. The Morgan fingerprint density at radius 1 is 1.23 bits per heavy atom. The summed E-state index contributed by atoms with van der Waals surface area (Å²) in [6.07, 6.45) is 0.706. The molecule has 1 atom stereocenters. The normalized spacial score (nSPS) is 12.5. The summed E-state index contributed by atoms with van der Waals surface area (Å²) >= 11 is 1.03. The molecule has 1 unspecified atom stereocenters. The van der Waals surface area contributed by atoms with Crippen LogP contribution >= 0.6 is 11.3 Å². The standard InChI is InChI=1S/C17H20N2O5S2/c1-18-26(23,24)14-10-15(25-11-14)17(22)19-13(7-8-16(20)21)9-12-5-3-2-4-6-12/h2-6,10-11,13,18H,7-9H2,1H3,(H,19,22)(H,20,21). The van der Waals surface area contributed by atoms with Crippen LogP contribution in [0.5, 0.6) is 0 Å².